The summed E-state index contributed by atoms with van der Waals surface area (Å²) in [4.78, 5) is 34.8. The average molecular weight is 492 g/mol. The number of carbonyl (C=O) groups is 3. The maximum Gasteiger partial charge on any atom is 0.308 e. The normalized spacial score (nSPS) is 12.2. The first-order chi connectivity index (χ1) is 16.7. The molecule has 1 amide bonds. The molecule has 7 heteroatoms. The van der Waals surface area contributed by atoms with E-state index in [4.69, 9.17) is 14.6 Å². The van der Waals surface area contributed by atoms with E-state index in [1.54, 1.807) is 0 Å². The zero-order chi connectivity index (χ0) is 25.9. The lowest BCUT2D eigenvalue weighted by molar-refractivity contribution is -0.156. The fraction of sp³-hybridized carbons (Fsp3) is 0.679. The molecule has 1 unspecified atom stereocenters. The van der Waals surface area contributed by atoms with E-state index in [9.17, 15) is 14.4 Å². The highest BCUT2D eigenvalue weighted by molar-refractivity contribution is 5.76. The van der Waals surface area contributed by atoms with Crippen molar-refractivity contribution in [2.45, 2.75) is 109 Å². The molecule has 0 radical (unpaired) electrons. The number of hydrogen-bond donors (Lipinski definition) is 2. The predicted octanol–water partition coefficient (Wildman–Crippen LogP) is 5.97. The first-order valence-electron chi connectivity index (χ1n) is 13.0. The third-order valence-corrected chi connectivity index (χ3v) is 5.50. The third-order valence-electron chi connectivity index (χ3n) is 5.50. The summed E-state index contributed by atoms with van der Waals surface area (Å²) in [5.74, 6) is -0.951. The van der Waals surface area contributed by atoms with Crippen molar-refractivity contribution in [2.24, 2.45) is 0 Å². The number of rotatable bonds is 19. The first-order valence-corrected chi connectivity index (χ1v) is 13.0. The van der Waals surface area contributed by atoms with Crippen LogP contribution in [0.2, 0.25) is 0 Å². The van der Waals surface area contributed by atoms with Crippen molar-refractivity contribution >= 4 is 17.8 Å². The van der Waals surface area contributed by atoms with Crippen LogP contribution < -0.4 is 5.32 Å². The zero-order valence-corrected chi connectivity index (χ0v) is 21.9. The summed E-state index contributed by atoms with van der Waals surface area (Å²) in [5.41, 5.74) is 0.544. The molecule has 0 bridgehead atoms. The largest absolute Gasteiger partial charge is 0.481 e. The molecule has 35 heavy (non-hydrogen) atoms. The molecule has 0 saturated heterocycles. The van der Waals surface area contributed by atoms with Crippen molar-refractivity contribution in [1.29, 1.82) is 0 Å². The van der Waals surface area contributed by atoms with Gasteiger partial charge in [-0.3, -0.25) is 14.4 Å². The lowest BCUT2D eigenvalue weighted by Crippen LogP contribution is -2.29. The van der Waals surface area contributed by atoms with Crippen molar-refractivity contribution in [3.63, 3.8) is 0 Å². The molecule has 198 valence electrons. The Morgan fingerprint density at radius 1 is 0.829 bits per heavy atom. The SMILES string of the molecule is CC(C)(C)OC(=O)CCOCCC(NC(=O)CCCCCCCCCCC(=O)O)c1ccccc1. The van der Waals surface area contributed by atoms with E-state index in [-0.39, 0.29) is 30.8 Å². The molecule has 0 heterocycles. The second-order valence-electron chi connectivity index (χ2n) is 9.99. The van der Waals surface area contributed by atoms with Crippen LogP contribution in [0.3, 0.4) is 0 Å². The molecule has 1 rings (SSSR count). The van der Waals surface area contributed by atoms with Gasteiger partial charge in [0, 0.05) is 19.4 Å². The molecule has 1 atom stereocenters. The highest BCUT2D eigenvalue weighted by atomic mass is 16.6. The van der Waals surface area contributed by atoms with Crippen LogP contribution in [0, 0.1) is 0 Å². The number of aliphatic carboxylic acids is 1. The molecule has 0 aliphatic rings. The van der Waals surface area contributed by atoms with Crippen LogP contribution >= 0.6 is 0 Å². The van der Waals surface area contributed by atoms with Gasteiger partial charge in [0.05, 0.1) is 19.1 Å². The monoisotopic (exact) mass is 491 g/mol. The topological polar surface area (TPSA) is 102 Å². The molecule has 0 aliphatic carbocycles. The fourth-order valence-corrected chi connectivity index (χ4v) is 3.75. The summed E-state index contributed by atoms with van der Waals surface area (Å²) in [5, 5.41) is 11.8. The molecular weight excluding hydrogens is 446 g/mol. The molecule has 0 aliphatic heterocycles. The smallest absolute Gasteiger partial charge is 0.308 e. The molecular formula is C28H45NO6. The van der Waals surface area contributed by atoms with Gasteiger partial charge in [-0.05, 0) is 45.6 Å². The van der Waals surface area contributed by atoms with Crippen LogP contribution in [0.1, 0.15) is 109 Å². The standard InChI is InChI=1S/C28H45NO6/c1-28(2,3)35-27(33)20-22-34-21-19-24(23-15-11-10-12-16-23)29-25(30)17-13-8-6-4-5-7-9-14-18-26(31)32/h10-12,15-16,24H,4-9,13-14,17-22H2,1-3H3,(H,29,30)(H,31,32). The molecule has 2 N–H and O–H groups in total. The maximum absolute atomic E-state index is 12.5. The van der Waals surface area contributed by atoms with Crippen LogP contribution in [0.25, 0.3) is 0 Å². The number of carboxylic acids is 1. The van der Waals surface area contributed by atoms with Crippen LogP contribution in [0.4, 0.5) is 0 Å². The Kier molecular flexibility index (Phi) is 15.7. The Bertz CT molecular complexity index is 729. The molecule has 0 spiro atoms. The number of esters is 1. The van der Waals surface area contributed by atoms with E-state index in [0.29, 0.717) is 26.1 Å². The van der Waals surface area contributed by atoms with Crippen LogP contribution in [-0.4, -0.2) is 41.8 Å². The molecule has 0 saturated carbocycles. The number of nitrogens with one attached hydrogen (secondary N) is 1. The Labute approximate surface area is 211 Å². The molecule has 1 aromatic rings. The molecule has 0 aromatic heterocycles. The van der Waals surface area contributed by atoms with Crippen molar-refractivity contribution in [2.75, 3.05) is 13.2 Å². The number of benzene rings is 1. The fourth-order valence-electron chi connectivity index (χ4n) is 3.75. The molecule has 1 aromatic carbocycles. The number of amides is 1. The maximum atomic E-state index is 12.5. The quantitative estimate of drug-likeness (QED) is 0.183. The third kappa shape index (κ3) is 17.6. The Morgan fingerprint density at radius 2 is 1.40 bits per heavy atom. The van der Waals surface area contributed by atoms with Gasteiger partial charge in [-0.25, -0.2) is 0 Å². The summed E-state index contributed by atoms with van der Waals surface area (Å²) in [6, 6.07) is 9.74. The van der Waals surface area contributed by atoms with E-state index >= 15 is 0 Å². The van der Waals surface area contributed by atoms with Gasteiger partial charge in [-0.15, -0.1) is 0 Å². The van der Waals surface area contributed by atoms with Gasteiger partial charge in [0.1, 0.15) is 5.60 Å². The van der Waals surface area contributed by atoms with Crippen LogP contribution in [0.5, 0.6) is 0 Å². The Morgan fingerprint density at radius 3 is 1.97 bits per heavy atom. The van der Waals surface area contributed by atoms with Gasteiger partial charge < -0.3 is 19.9 Å². The van der Waals surface area contributed by atoms with Crippen molar-refractivity contribution in [3.05, 3.63) is 35.9 Å². The summed E-state index contributed by atoms with van der Waals surface area (Å²) >= 11 is 0. The average Bonchev–Trinajstić information content (AvgIpc) is 2.78. The Balaban J connectivity index is 2.25. The van der Waals surface area contributed by atoms with E-state index < -0.39 is 11.6 Å². The number of carbonyl (C=O) groups excluding carboxylic acids is 2. The summed E-state index contributed by atoms with van der Waals surface area (Å²) in [6.07, 6.45) is 9.63. The second kappa shape index (κ2) is 17.9. The van der Waals surface area contributed by atoms with Crippen LogP contribution in [0.15, 0.2) is 30.3 Å². The van der Waals surface area contributed by atoms with Gasteiger partial charge >= 0.3 is 11.9 Å². The number of hydrogen-bond acceptors (Lipinski definition) is 5. The number of unbranched alkanes of at least 4 members (excludes halogenated alkanes) is 7. The summed E-state index contributed by atoms with van der Waals surface area (Å²) in [6.45, 7) is 6.25. The summed E-state index contributed by atoms with van der Waals surface area (Å²) in [7, 11) is 0. The minimum absolute atomic E-state index is 0.0429. The van der Waals surface area contributed by atoms with Crippen LogP contribution in [-0.2, 0) is 23.9 Å². The van der Waals surface area contributed by atoms with E-state index in [0.717, 1.165) is 56.9 Å². The van der Waals surface area contributed by atoms with Crippen molar-refractivity contribution in [3.8, 4) is 0 Å². The predicted molar refractivity (Wildman–Crippen MR) is 137 cm³/mol. The Hall–Kier alpha value is -2.41. The molecule has 0 fully saturated rings. The minimum atomic E-state index is -0.719. The van der Waals surface area contributed by atoms with Gasteiger partial charge in [-0.1, -0.05) is 68.9 Å². The second-order valence-corrected chi connectivity index (χ2v) is 9.99. The van der Waals surface area contributed by atoms with E-state index in [1.165, 1.54) is 0 Å². The molecule has 7 nitrogen and oxygen atoms in total. The van der Waals surface area contributed by atoms with Gasteiger partial charge in [0.25, 0.3) is 0 Å². The first kappa shape index (κ1) is 30.6. The number of ether oxygens (including phenoxy) is 2. The highest BCUT2D eigenvalue weighted by Gasteiger charge is 2.17. The van der Waals surface area contributed by atoms with Gasteiger partial charge in [0.15, 0.2) is 0 Å². The minimum Gasteiger partial charge on any atom is -0.481 e. The number of carboxylic acid groups (broad SMARTS) is 1. The van der Waals surface area contributed by atoms with E-state index in [1.807, 2.05) is 51.1 Å². The summed E-state index contributed by atoms with van der Waals surface area (Å²) < 4.78 is 10.9. The van der Waals surface area contributed by atoms with Gasteiger partial charge in [-0.2, -0.15) is 0 Å². The van der Waals surface area contributed by atoms with Gasteiger partial charge in [0.2, 0.25) is 5.91 Å². The van der Waals surface area contributed by atoms with Crippen molar-refractivity contribution < 1.29 is 29.0 Å². The lowest BCUT2D eigenvalue weighted by atomic mass is 10.0. The lowest BCUT2D eigenvalue weighted by Gasteiger charge is -2.20. The van der Waals surface area contributed by atoms with Crippen molar-refractivity contribution in [1.82, 2.24) is 5.32 Å². The zero-order valence-electron chi connectivity index (χ0n) is 21.9. The van der Waals surface area contributed by atoms with E-state index in [2.05, 4.69) is 5.32 Å². The highest BCUT2D eigenvalue weighted by Crippen LogP contribution is 2.18.